The zero-order chi connectivity index (χ0) is 23.6. The van der Waals surface area contributed by atoms with Crippen molar-refractivity contribution in [2.75, 3.05) is 5.43 Å². The van der Waals surface area contributed by atoms with Gasteiger partial charge in [-0.15, -0.1) is 16.4 Å². The molecule has 0 fully saturated rings. The number of hydrogen-bond acceptors (Lipinski definition) is 7. The topological polar surface area (TPSA) is 88.0 Å². The van der Waals surface area contributed by atoms with E-state index in [1.54, 1.807) is 12.4 Å². The molecule has 0 spiro atoms. The van der Waals surface area contributed by atoms with Crippen molar-refractivity contribution in [3.63, 3.8) is 0 Å². The van der Waals surface area contributed by atoms with E-state index in [1.807, 2.05) is 17.5 Å². The molecule has 0 unspecified atom stereocenters. The van der Waals surface area contributed by atoms with Crippen LogP contribution in [-0.2, 0) is 5.75 Å². The standard InChI is InChI=1S/C25H30N6S2/c1-17(2)21-9-5-19(6-10-21)13-27-30-24(26)32-15-23-16-33-25(29-23)31-28-14-20-7-11-22(12-8-20)18(3)4/h5-14,16-18H,15H2,1-4H3,(H2,26,30)(H,29,31)/b27-13-,28-14+. The zero-order valence-electron chi connectivity index (χ0n) is 19.4. The predicted octanol–water partition coefficient (Wildman–Crippen LogP) is 6.42. The van der Waals surface area contributed by atoms with Gasteiger partial charge < -0.3 is 5.73 Å². The Hall–Kier alpha value is -2.97. The summed E-state index contributed by atoms with van der Waals surface area (Å²) in [5.41, 5.74) is 14.5. The Morgan fingerprint density at radius 1 is 0.970 bits per heavy atom. The van der Waals surface area contributed by atoms with Crippen LogP contribution in [0.4, 0.5) is 5.13 Å². The van der Waals surface area contributed by atoms with Crippen molar-refractivity contribution in [1.82, 2.24) is 4.98 Å². The molecule has 33 heavy (non-hydrogen) atoms. The highest BCUT2D eigenvalue weighted by molar-refractivity contribution is 8.13. The third-order valence-electron chi connectivity index (χ3n) is 4.86. The molecule has 0 saturated heterocycles. The highest BCUT2D eigenvalue weighted by Gasteiger charge is 2.03. The summed E-state index contributed by atoms with van der Waals surface area (Å²) >= 11 is 2.90. The van der Waals surface area contributed by atoms with Crippen LogP contribution in [0.5, 0.6) is 0 Å². The van der Waals surface area contributed by atoms with Crippen molar-refractivity contribution in [2.45, 2.75) is 45.3 Å². The summed E-state index contributed by atoms with van der Waals surface area (Å²) < 4.78 is 0. The number of rotatable bonds is 9. The van der Waals surface area contributed by atoms with E-state index in [1.165, 1.54) is 34.2 Å². The van der Waals surface area contributed by atoms with E-state index in [4.69, 9.17) is 5.73 Å². The average molecular weight is 479 g/mol. The first-order valence-corrected chi connectivity index (χ1v) is 12.7. The van der Waals surface area contributed by atoms with Crippen LogP contribution in [0.1, 0.15) is 67.5 Å². The Balaban J connectivity index is 1.44. The van der Waals surface area contributed by atoms with Gasteiger partial charge in [0.25, 0.3) is 0 Å². The lowest BCUT2D eigenvalue weighted by atomic mass is 10.0. The van der Waals surface area contributed by atoms with E-state index in [2.05, 4.69) is 89.8 Å². The third-order valence-corrected chi connectivity index (χ3v) is 6.48. The van der Waals surface area contributed by atoms with Gasteiger partial charge in [-0.25, -0.2) is 4.98 Å². The first kappa shape index (κ1) is 24.7. The van der Waals surface area contributed by atoms with E-state index in [9.17, 15) is 0 Å². The molecular formula is C25H30N6S2. The molecule has 1 heterocycles. The molecular weight excluding hydrogens is 448 g/mol. The number of thiazole rings is 1. The van der Waals surface area contributed by atoms with Gasteiger partial charge in [-0.1, -0.05) is 88.0 Å². The first-order valence-electron chi connectivity index (χ1n) is 10.8. The van der Waals surface area contributed by atoms with E-state index in [0.29, 0.717) is 22.8 Å². The minimum Gasteiger partial charge on any atom is -0.377 e. The Morgan fingerprint density at radius 3 is 2.12 bits per heavy atom. The zero-order valence-corrected chi connectivity index (χ0v) is 21.0. The molecule has 0 aliphatic heterocycles. The lowest BCUT2D eigenvalue weighted by Gasteiger charge is -2.04. The van der Waals surface area contributed by atoms with Crippen LogP contribution in [0.2, 0.25) is 0 Å². The molecule has 8 heteroatoms. The Kier molecular flexibility index (Phi) is 9.21. The van der Waals surface area contributed by atoms with E-state index in [0.717, 1.165) is 22.0 Å². The van der Waals surface area contributed by atoms with Crippen LogP contribution in [0, 0.1) is 0 Å². The van der Waals surface area contributed by atoms with Crippen molar-refractivity contribution < 1.29 is 0 Å². The summed E-state index contributed by atoms with van der Waals surface area (Å²) in [4.78, 5) is 4.52. The average Bonchev–Trinajstić information content (AvgIpc) is 3.26. The van der Waals surface area contributed by atoms with Gasteiger partial charge in [-0.05, 0) is 34.1 Å². The SMILES string of the molecule is CC(C)c1ccc(/C=N\N=C(/N)SCc2csc(N/N=C/c3ccc(C(C)C)cc3)n2)cc1. The fraction of sp³-hybridized carbons (Fsp3) is 0.280. The number of nitrogens with one attached hydrogen (secondary N) is 1. The van der Waals surface area contributed by atoms with Crippen LogP contribution in [0.25, 0.3) is 0 Å². The quantitative estimate of drug-likeness (QED) is 0.211. The van der Waals surface area contributed by atoms with Gasteiger partial charge >= 0.3 is 0 Å². The van der Waals surface area contributed by atoms with Crippen molar-refractivity contribution in [3.8, 4) is 0 Å². The van der Waals surface area contributed by atoms with Gasteiger partial charge in [0, 0.05) is 11.1 Å². The minimum absolute atomic E-state index is 0.399. The second-order valence-electron chi connectivity index (χ2n) is 8.13. The number of benzene rings is 2. The van der Waals surface area contributed by atoms with E-state index < -0.39 is 0 Å². The molecule has 0 saturated carbocycles. The molecule has 0 bridgehead atoms. The van der Waals surface area contributed by atoms with Crippen molar-refractivity contribution in [2.24, 2.45) is 21.0 Å². The van der Waals surface area contributed by atoms with Gasteiger partial charge in [0.2, 0.25) is 5.13 Å². The normalized spacial score (nSPS) is 12.5. The molecule has 0 atom stereocenters. The molecule has 1 aromatic heterocycles. The first-order chi connectivity index (χ1) is 15.9. The summed E-state index contributed by atoms with van der Waals surface area (Å²) in [6.45, 7) is 8.71. The van der Waals surface area contributed by atoms with Gasteiger partial charge in [-0.3, -0.25) is 5.43 Å². The van der Waals surface area contributed by atoms with Crippen LogP contribution in [0.15, 0.2) is 69.2 Å². The Bertz CT molecular complexity index is 1100. The van der Waals surface area contributed by atoms with Gasteiger partial charge in [-0.2, -0.15) is 10.2 Å². The van der Waals surface area contributed by atoms with Gasteiger partial charge in [0.1, 0.15) is 0 Å². The fourth-order valence-electron chi connectivity index (χ4n) is 2.85. The number of hydrogen-bond donors (Lipinski definition) is 2. The maximum Gasteiger partial charge on any atom is 0.203 e. The Labute approximate surface area is 204 Å². The number of nitrogens with two attached hydrogens (primary N) is 1. The molecule has 172 valence electrons. The largest absolute Gasteiger partial charge is 0.377 e. The monoisotopic (exact) mass is 478 g/mol. The number of thioether (sulfide) groups is 1. The molecule has 0 amide bonds. The molecule has 3 aromatic rings. The number of anilines is 1. The maximum absolute atomic E-state index is 5.97. The van der Waals surface area contributed by atoms with E-state index >= 15 is 0 Å². The smallest absolute Gasteiger partial charge is 0.203 e. The molecule has 0 aliphatic rings. The molecule has 3 N–H and O–H groups in total. The number of amidine groups is 1. The van der Waals surface area contributed by atoms with Crippen molar-refractivity contribution in [3.05, 3.63) is 81.9 Å². The number of aromatic nitrogens is 1. The summed E-state index contributed by atoms with van der Waals surface area (Å²) in [5.74, 6) is 1.65. The maximum atomic E-state index is 5.97. The lowest BCUT2D eigenvalue weighted by Crippen LogP contribution is -2.06. The molecule has 0 radical (unpaired) electrons. The summed E-state index contributed by atoms with van der Waals surface area (Å²) in [6, 6.07) is 16.7. The molecule has 0 aliphatic carbocycles. The minimum atomic E-state index is 0.399. The number of nitrogens with zero attached hydrogens (tertiary/aromatic N) is 4. The second kappa shape index (κ2) is 12.3. The van der Waals surface area contributed by atoms with Crippen LogP contribution in [0.3, 0.4) is 0 Å². The Morgan fingerprint density at radius 2 is 1.55 bits per heavy atom. The fourth-order valence-corrected chi connectivity index (χ4v) is 4.16. The second-order valence-corrected chi connectivity index (χ2v) is 9.98. The summed E-state index contributed by atoms with van der Waals surface area (Å²) in [6.07, 6.45) is 3.50. The third kappa shape index (κ3) is 8.14. The highest BCUT2D eigenvalue weighted by atomic mass is 32.2. The molecule has 2 aromatic carbocycles. The van der Waals surface area contributed by atoms with E-state index in [-0.39, 0.29) is 0 Å². The summed E-state index contributed by atoms with van der Waals surface area (Å²) in [5, 5.41) is 15.5. The summed E-state index contributed by atoms with van der Waals surface area (Å²) in [7, 11) is 0. The van der Waals surface area contributed by atoms with Gasteiger partial charge in [0.05, 0.1) is 18.1 Å². The van der Waals surface area contributed by atoms with Crippen LogP contribution in [-0.4, -0.2) is 22.6 Å². The van der Waals surface area contributed by atoms with Gasteiger partial charge in [0.15, 0.2) is 5.17 Å². The lowest BCUT2D eigenvalue weighted by molar-refractivity contribution is 0.866. The molecule has 3 rings (SSSR count). The van der Waals surface area contributed by atoms with Crippen LogP contribution < -0.4 is 11.2 Å². The predicted molar refractivity (Wildman–Crippen MR) is 145 cm³/mol. The van der Waals surface area contributed by atoms with Crippen LogP contribution >= 0.6 is 23.1 Å². The highest BCUT2D eigenvalue weighted by Crippen LogP contribution is 2.20. The van der Waals surface area contributed by atoms with Crippen molar-refractivity contribution >= 4 is 45.8 Å². The van der Waals surface area contributed by atoms with Crippen molar-refractivity contribution in [1.29, 1.82) is 0 Å². The number of hydrazone groups is 1. The molecule has 6 nitrogen and oxygen atoms in total.